The zero-order valence-electron chi connectivity index (χ0n) is 15.5. The van der Waals surface area contributed by atoms with E-state index in [0.717, 1.165) is 25.6 Å². The van der Waals surface area contributed by atoms with Crippen LogP contribution in [-0.2, 0) is 0 Å². The van der Waals surface area contributed by atoms with E-state index in [1.165, 1.54) is 26.8 Å². The van der Waals surface area contributed by atoms with Crippen molar-refractivity contribution in [3.63, 3.8) is 0 Å². The number of benzene rings is 1. The van der Waals surface area contributed by atoms with E-state index in [9.17, 15) is 13.9 Å². The van der Waals surface area contributed by atoms with Crippen LogP contribution < -0.4 is 4.90 Å². The lowest BCUT2D eigenvalue weighted by atomic mass is 9.89. The van der Waals surface area contributed by atoms with Crippen molar-refractivity contribution < 1.29 is 18.8 Å². The highest BCUT2D eigenvalue weighted by atomic mass is 32.1. The van der Waals surface area contributed by atoms with Crippen LogP contribution in [0.25, 0.3) is 4.96 Å². The number of aromatic nitrogens is 3. The SMILES string of the molecule is Cc1nc2sc([C@@H](c3ccc(F)c(F)c3)[NH+]3C[C@@H](C)C[C@H](C)C3)c(O)n2n1. The van der Waals surface area contributed by atoms with Crippen LogP contribution in [-0.4, -0.2) is 32.8 Å². The second kappa shape index (κ2) is 6.83. The molecule has 0 saturated carbocycles. The standard InChI is InChI=1S/C19H22F2N4OS/c1-10-6-11(2)9-24(8-10)16(13-4-5-14(20)15(21)7-13)17-18(26)25-19(27-17)22-12(3)23-25/h4-5,7,10-11,16,26H,6,8-9H2,1-3H3/p+1/t10-,11-,16+/m0/s1. The van der Waals surface area contributed by atoms with Crippen molar-refractivity contribution in [1.82, 2.24) is 14.6 Å². The maximum atomic E-state index is 14.0. The summed E-state index contributed by atoms with van der Waals surface area (Å²) in [7, 11) is 0. The van der Waals surface area contributed by atoms with E-state index in [4.69, 9.17) is 0 Å². The van der Waals surface area contributed by atoms with Gasteiger partial charge in [-0.15, -0.1) is 5.10 Å². The van der Waals surface area contributed by atoms with Crippen LogP contribution in [0.1, 0.15) is 42.6 Å². The number of halogens is 2. The molecule has 5 nitrogen and oxygen atoms in total. The first kappa shape index (κ1) is 18.3. The zero-order valence-corrected chi connectivity index (χ0v) is 16.4. The molecule has 144 valence electrons. The molecule has 0 amide bonds. The molecule has 0 aliphatic carbocycles. The van der Waals surface area contributed by atoms with E-state index < -0.39 is 11.6 Å². The lowest BCUT2D eigenvalue weighted by Crippen LogP contribution is -3.14. The largest absolute Gasteiger partial charge is 0.492 e. The number of quaternary nitrogens is 1. The number of aryl methyl sites for hydroxylation is 1. The molecule has 0 radical (unpaired) electrons. The molecule has 0 spiro atoms. The van der Waals surface area contributed by atoms with Gasteiger partial charge in [-0.2, -0.15) is 4.52 Å². The first-order chi connectivity index (χ1) is 12.8. The molecule has 2 N–H and O–H groups in total. The Hall–Kier alpha value is -2.06. The van der Waals surface area contributed by atoms with Gasteiger partial charge in [0.1, 0.15) is 10.7 Å². The second-order valence-corrected chi connectivity index (χ2v) is 8.77. The molecule has 8 heteroatoms. The molecule has 1 aromatic carbocycles. The van der Waals surface area contributed by atoms with Gasteiger partial charge in [-0.1, -0.05) is 25.2 Å². The van der Waals surface area contributed by atoms with Crippen molar-refractivity contribution >= 4 is 16.3 Å². The molecule has 0 bridgehead atoms. The average Bonchev–Trinajstić information content (AvgIpc) is 3.08. The summed E-state index contributed by atoms with van der Waals surface area (Å²) < 4.78 is 28.9. The van der Waals surface area contributed by atoms with Gasteiger partial charge in [-0.05, 0) is 31.5 Å². The van der Waals surface area contributed by atoms with Crippen LogP contribution in [0.3, 0.4) is 0 Å². The smallest absolute Gasteiger partial charge is 0.235 e. The van der Waals surface area contributed by atoms with E-state index >= 15 is 0 Å². The lowest BCUT2D eigenvalue weighted by molar-refractivity contribution is -0.936. The molecule has 1 saturated heterocycles. The Morgan fingerprint density at radius 2 is 1.93 bits per heavy atom. The van der Waals surface area contributed by atoms with Gasteiger partial charge in [0.15, 0.2) is 17.7 Å². The predicted molar refractivity (Wildman–Crippen MR) is 99.1 cm³/mol. The van der Waals surface area contributed by atoms with Crippen molar-refractivity contribution in [2.45, 2.75) is 33.2 Å². The summed E-state index contributed by atoms with van der Waals surface area (Å²) in [5, 5.41) is 15.0. The summed E-state index contributed by atoms with van der Waals surface area (Å²) in [5.74, 6) is -0.0878. The molecule has 1 aliphatic rings. The van der Waals surface area contributed by atoms with Crippen LogP contribution in [0.4, 0.5) is 8.78 Å². The quantitative estimate of drug-likeness (QED) is 0.720. The normalized spacial score (nSPS) is 24.4. The number of nitrogens with one attached hydrogen (secondary N) is 1. The van der Waals surface area contributed by atoms with Crippen LogP contribution in [0, 0.1) is 30.4 Å². The summed E-state index contributed by atoms with van der Waals surface area (Å²) in [6.07, 6.45) is 1.15. The molecule has 3 aromatic rings. The monoisotopic (exact) mass is 393 g/mol. The van der Waals surface area contributed by atoms with Crippen molar-refractivity contribution in [2.24, 2.45) is 11.8 Å². The third-order valence-corrected chi connectivity index (χ3v) is 6.36. The predicted octanol–water partition coefficient (Wildman–Crippen LogP) is 2.73. The Labute approximate surface area is 160 Å². The topological polar surface area (TPSA) is 54.9 Å². The molecule has 0 unspecified atom stereocenters. The summed E-state index contributed by atoms with van der Waals surface area (Å²) >= 11 is 1.36. The number of piperidine rings is 1. The highest BCUT2D eigenvalue weighted by molar-refractivity contribution is 7.17. The highest BCUT2D eigenvalue weighted by Gasteiger charge is 2.37. The van der Waals surface area contributed by atoms with E-state index in [2.05, 4.69) is 23.9 Å². The van der Waals surface area contributed by atoms with Crippen LogP contribution >= 0.6 is 11.3 Å². The minimum absolute atomic E-state index is 0.0312. The van der Waals surface area contributed by atoms with Crippen molar-refractivity contribution in [2.75, 3.05) is 13.1 Å². The van der Waals surface area contributed by atoms with E-state index in [-0.39, 0.29) is 11.9 Å². The summed E-state index contributed by atoms with van der Waals surface area (Å²) in [6, 6.07) is 3.73. The molecule has 4 rings (SSSR count). The number of aromatic hydroxyl groups is 1. The van der Waals surface area contributed by atoms with Gasteiger partial charge in [-0.25, -0.2) is 13.8 Å². The number of hydrogen-bond acceptors (Lipinski definition) is 4. The Balaban J connectivity index is 1.85. The van der Waals surface area contributed by atoms with Crippen LogP contribution in [0.15, 0.2) is 18.2 Å². The summed E-state index contributed by atoms with van der Waals surface area (Å²) in [5.41, 5.74) is 0.654. The van der Waals surface area contributed by atoms with Crippen molar-refractivity contribution in [1.29, 1.82) is 0 Å². The van der Waals surface area contributed by atoms with E-state index in [0.29, 0.717) is 33.1 Å². The molecule has 3 atom stereocenters. The number of hydrogen-bond donors (Lipinski definition) is 2. The highest BCUT2D eigenvalue weighted by Crippen LogP contribution is 2.36. The molecule has 27 heavy (non-hydrogen) atoms. The maximum Gasteiger partial charge on any atom is 0.235 e. The number of nitrogens with zero attached hydrogens (tertiary/aromatic N) is 3. The van der Waals surface area contributed by atoms with Gasteiger partial charge in [-0.3, -0.25) is 0 Å². The van der Waals surface area contributed by atoms with Crippen molar-refractivity contribution in [3.8, 4) is 5.88 Å². The average molecular weight is 393 g/mol. The minimum atomic E-state index is -0.871. The van der Waals surface area contributed by atoms with E-state index in [1.807, 2.05) is 0 Å². The maximum absolute atomic E-state index is 14.0. The second-order valence-electron chi connectivity index (χ2n) is 7.76. The summed E-state index contributed by atoms with van der Waals surface area (Å²) in [6.45, 7) is 8.00. The first-order valence-electron chi connectivity index (χ1n) is 9.18. The third-order valence-electron chi connectivity index (χ3n) is 5.28. The van der Waals surface area contributed by atoms with Crippen LogP contribution in [0.5, 0.6) is 5.88 Å². The van der Waals surface area contributed by atoms with Crippen molar-refractivity contribution in [3.05, 3.63) is 46.1 Å². The van der Waals surface area contributed by atoms with Crippen LogP contribution in [0.2, 0.25) is 0 Å². The van der Waals surface area contributed by atoms with Gasteiger partial charge >= 0.3 is 0 Å². The Morgan fingerprint density at radius 1 is 1.22 bits per heavy atom. The van der Waals surface area contributed by atoms with Gasteiger partial charge in [0, 0.05) is 17.4 Å². The fourth-order valence-electron chi connectivity index (χ4n) is 4.37. The number of fused-ring (bicyclic) bond motifs is 1. The lowest BCUT2D eigenvalue weighted by Gasteiger charge is -2.37. The zero-order chi connectivity index (χ0) is 19.3. The Bertz CT molecular complexity index is 976. The fourth-order valence-corrected chi connectivity index (χ4v) is 5.55. The van der Waals surface area contributed by atoms with Gasteiger partial charge in [0.05, 0.1) is 13.1 Å². The number of rotatable bonds is 3. The van der Waals surface area contributed by atoms with Gasteiger partial charge < -0.3 is 10.0 Å². The van der Waals surface area contributed by atoms with E-state index in [1.54, 1.807) is 13.0 Å². The number of thiazole rings is 1. The molecule has 1 aliphatic heterocycles. The Kier molecular flexibility index (Phi) is 4.63. The minimum Gasteiger partial charge on any atom is -0.492 e. The number of likely N-dealkylation sites (tertiary alicyclic amines) is 1. The third kappa shape index (κ3) is 3.32. The molecule has 1 fully saturated rings. The molecule has 2 aromatic heterocycles. The Morgan fingerprint density at radius 3 is 2.56 bits per heavy atom. The first-order valence-corrected chi connectivity index (χ1v) is 9.99. The molecular weight excluding hydrogens is 370 g/mol. The van der Waals surface area contributed by atoms with Gasteiger partial charge in [0.2, 0.25) is 10.8 Å². The molecule has 3 heterocycles. The summed E-state index contributed by atoms with van der Waals surface area (Å²) in [4.78, 5) is 6.87. The fraction of sp³-hybridized carbons (Fsp3) is 0.474. The molecular formula is C19H23F2N4OS+. The van der Waals surface area contributed by atoms with Gasteiger partial charge in [0.25, 0.3) is 0 Å².